The van der Waals surface area contributed by atoms with Crippen molar-refractivity contribution in [2.45, 2.75) is 115 Å². The van der Waals surface area contributed by atoms with Crippen molar-refractivity contribution in [3.05, 3.63) is 130 Å². The molecule has 4 aromatic rings. The van der Waals surface area contributed by atoms with Crippen LogP contribution in [0.4, 0.5) is 11.4 Å². The predicted molar refractivity (Wildman–Crippen MR) is 211 cm³/mol. The normalized spacial score (nSPS) is 25.3. The van der Waals surface area contributed by atoms with Gasteiger partial charge in [0.1, 0.15) is 0 Å². The van der Waals surface area contributed by atoms with Gasteiger partial charge >= 0.3 is 0 Å². The van der Waals surface area contributed by atoms with E-state index >= 15 is 0 Å². The average Bonchev–Trinajstić information content (AvgIpc) is 3.13. The highest BCUT2D eigenvalue weighted by atomic mass is 16.5. The van der Waals surface area contributed by atoms with Crippen molar-refractivity contribution in [3.63, 3.8) is 0 Å². The van der Waals surface area contributed by atoms with E-state index in [2.05, 4.69) is 125 Å². The Morgan fingerprint density at radius 3 is 1.90 bits per heavy atom. The predicted octanol–water partition coefficient (Wildman–Crippen LogP) is 11.1. The molecule has 5 nitrogen and oxygen atoms in total. The van der Waals surface area contributed by atoms with Gasteiger partial charge in [0, 0.05) is 35.0 Å². The molecule has 0 bridgehead atoms. The van der Waals surface area contributed by atoms with Crippen LogP contribution in [0.3, 0.4) is 0 Å². The SMILES string of the molecule is CC(C)(C)c1ccc2c(c1)C1CCCCC1C(c1cccc(C(N)=O)c1)N2.CC(C)(C)c1ccc2c(c1)C1OCCCC1[C@H](c1ccccc1)N2. The molecule has 268 valence electrons. The van der Waals surface area contributed by atoms with Gasteiger partial charge in [-0.1, -0.05) is 121 Å². The molecule has 3 heterocycles. The molecule has 3 aliphatic heterocycles. The van der Waals surface area contributed by atoms with Crippen LogP contribution in [-0.2, 0) is 15.6 Å². The van der Waals surface area contributed by atoms with Crippen molar-refractivity contribution in [1.82, 2.24) is 0 Å². The zero-order valence-corrected chi connectivity index (χ0v) is 31.5. The number of ether oxygens (including phenoxy) is 1. The molecule has 6 atom stereocenters. The maximum absolute atomic E-state index is 11.7. The Labute approximate surface area is 305 Å². The number of rotatable bonds is 3. The number of primary amides is 1. The van der Waals surface area contributed by atoms with Gasteiger partial charge in [-0.25, -0.2) is 0 Å². The van der Waals surface area contributed by atoms with Gasteiger partial charge in [0.05, 0.1) is 18.2 Å². The van der Waals surface area contributed by atoms with Crippen LogP contribution in [0, 0.1) is 11.8 Å². The quantitative estimate of drug-likeness (QED) is 0.201. The smallest absolute Gasteiger partial charge is 0.248 e. The minimum absolute atomic E-state index is 0.159. The van der Waals surface area contributed by atoms with Crippen LogP contribution in [0.25, 0.3) is 0 Å². The zero-order chi connectivity index (χ0) is 35.9. The van der Waals surface area contributed by atoms with Crippen LogP contribution in [0.5, 0.6) is 0 Å². The highest BCUT2D eigenvalue weighted by molar-refractivity contribution is 5.93. The molecule has 2 fully saturated rings. The molecule has 4 aliphatic rings. The van der Waals surface area contributed by atoms with E-state index in [4.69, 9.17) is 10.5 Å². The van der Waals surface area contributed by atoms with Crippen molar-refractivity contribution in [1.29, 1.82) is 0 Å². The third-order valence-corrected chi connectivity index (χ3v) is 11.9. The molecule has 5 heteroatoms. The molecule has 4 N–H and O–H groups in total. The van der Waals surface area contributed by atoms with Gasteiger partial charge in [0.2, 0.25) is 5.91 Å². The number of fused-ring (bicyclic) bond motifs is 6. The lowest BCUT2D eigenvalue weighted by Crippen LogP contribution is -2.36. The Kier molecular flexibility index (Phi) is 9.80. The van der Waals surface area contributed by atoms with Gasteiger partial charge < -0.3 is 21.1 Å². The van der Waals surface area contributed by atoms with Gasteiger partial charge in [-0.05, 0) is 100 Å². The molecule has 4 aromatic carbocycles. The summed E-state index contributed by atoms with van der Waals surface area (Å²) < 4.78 is 6.29. The fourth-order valence-electron chi connectivity index (χ4n) is 9.03. The Morgan fingerprint density at radius 1 is 0.647 bits per heavy atom. The van der Waals surface area contributed by atoms with E-state index in [-0.39, 0.29) is 28.9 Å². The average molecular weight is 684 g/mol. The zero-order valence-electron chi connectivity index (χ0n) is 31.5. The third kappa shape index (κ3) is 7.33. The molecular weight excluding hydrogens is 627 g/mol. The maximum Gasteiger partial charge on any atom is 0.248 e. The molecular formula is C46H57N3O2. The standard InChI is InChI=1S/C24H30N2O.C22H27NO/c1-24(2,3)17-11-12-21-20(14-17)18-9-4-5-10-19(18)22(26-21)15-7-6-8-16(13-15)23(25)27;1-22(2,3)16-11-12-19-18(14-16)21-17(10-7-13-24-21)20(23-19)15-8-5-4-6-9-15/h6-8,11-14,18-19,22,26H,4-5,9-10H2,1-3H3,(H2,25,27);4-6,8-9,11-12,14,17,20-21,23H,7,10,13H2,1-3H3/t;17?,20-,21?/m.0/s1. The van der Waals surface area contributed by atoms with Crippen molar-refractivity contribution in [2.24, 2.45) is 17.6 Å². The monoisotopic (exact) mass is 683 g/mol. The lowest BCUT2D eigenvalue weighted by Gasteiger charge is -2.44. The van der Waals surface area contributed by atoms with Crippen LogP contribution in [0.1, 0.15) is 148 Å². The third-order valence-electron chi connectivity index (χ3n) is 11.9. The first kappa shape index (κ1) is 35.3. The minimum Gasteiger partial charge on any atom is -0.378 e. The summed E-state index contributed by atoms with van der Waals surface area (Å²) in [7, 11) is 0. The molecule has 1 aliphatic carbocycles. The number of nitrogens with one attached hydrogen (secondary N) is 2. The highest BCUT2D eigenvalue weighted by Gasteiger charge is 2.41. The van der Waals surface area contributed by atoms with Crippen LogP contribution in [0.2, 0.25) is 0 Å². The number of hydrogen-bond acceptors (Lipinski definition) is 4. The van der Waals surface area contributed by atoms with E-state index in [0.717, 1.165) is 13.0 Å². The van der Waals surface area contributed by atoms with Gasteiger partial charge in [0.25, 0.3) is 0 Å². The number of benzene rings is 4. The second-order valence-corrected chi connectivity index (χ2v) is 17.4. The second-order valence-electron chi connectivity index (χ2n) is 17.4. The van der Waals surface area contributed by atoms with Crippen LogP contribution in [-0.4, -0.2) is 12.5 Å². The number of amides is 1. The van der Waals surface area contributed by atoms with Crippen LogP contribution >= 0.6 is 0 Å². The van der Waals surface area contributed by atoms with E-state index < -0.39 is 0 Å². The molecule has 1 amide bonds. The summed E-state index contributed by atoms with van der Waals surface area (Å²) in [5, 5.41) is 7.62. The van der Waals surface area contributed by atoms with E-state index in [9.17, 15) is 4.79 Å². The molecule has 0 spiro atoms. The van der Waals surface area contributed by atoms with E-state index in [1.807, 2.05) is 12.1 Å². The van der Waals surface area contributed by atoms with E-state index in [1.165, 1.54) is 76.9 Å². The Morgan fingerprint density at radius 2 is 1.24 bits per heavy atom. The van der Waals surface area contributed by atoms with Crippen molar-refractivity contribution in [2.75, 3.05) is 17.2 Å². The number of anilines is 2. The second kappa shape index (κ2) is 14.1. The molecule has 1 saturated carbocycles. The number of nitrogens with two attached hydrogens (primary N) is 1. The molecule has 0 aromatic heterocycles. The summed E-state index contributed by atoms with van der Waals surface area (Å²) >= 11 is 0. The minimum atomic E-state index is -0.358. The molecule has 1 saturated heterocycles. The van der Waals surface area contributed by atoms with Crippen molar-refractivity contribution < 1.29 is 9.53 Å². The molecule has 51 heavy (non-hydrogen) atoms. The Hall–Kier alpha value is -4.09. The van der Waals surface area contributed by atoms with Crippen molar-refractivity contribution >= 4 is 17.3 Å². The maximum atomic E-state index is 11.7. The first-order chi connectivity index (χ1) is 24.4. The molecule has 5 unspecified atom stereocenters. The molecule has 8 rings (SSSR count). The number of hydrogen-bond donors (Lipinski definition) is 3. The van der Waals surface area contributed by atoms with Gasteiger partial charge in [-0.2, -0.15) is 0 Å². The topological polar surface area (TPSA) is 76.4 Å². The van der Waals surface area contributed by atoms with E-state index in [1.54, 1.807) is 6.07 Å². The Bertz CT molecular complexity index is 1850. The summed E-state index contributed by atoms with van der Waals surface area (Å²) in [6, 6.07) is 33.1. The van der Waals surface area contributed by atoms with Crippen LogP contribution < -0.4 is 16.4 Å². The van der Waals surface area contributed by atoms with E-state index in [0.29, 0.717) is 29.4 Å². The first-order valence-corrected chi connectivity index (χ1v) is 19.3. The number of carbonyl (C=O) groups excluding carboxylic acids is 1. The lowest BCUT2D eigenvalue weighted by molar-refractivity contribution is -0.0382. The highest BCUT2D eigenvalue weighted by Crippen LogP contribution is 2.52. The van der Waals surface area contributed by atoms with Gasteiger partial charge in [0.15, 0.2) is 0 Å². The fraction of sp³-hybridized carbons (Fsp3) is 0.457. The lowest BCUT2D eigenvalue weighted by atomic mass is 9.67. The number of carbonyl (C=O) groups is 1. The van der Waals surface area contributed by atoms with Crippen molar-refractivity contribution in [3.8, 4) is 0 Å². The summed E-state index contributed by atoms with van der Waals surface area (Å²) in [5.74, 6) is 1.29. The summed E-state index contributed by atoms with van der Waals surface area (Å²) in [6.45, 7) is 14.5. The summed E-state index contributed by atoms with van der Waals surface area (Å²) in [6.07, 6.45) is 7.64. The first-order valence-electron chi connectivity index (χ1n) is 19.3. The fourth-order valence-corrected chi connectivity index (χ4v) is 9.03. The summed E-state index contributed by atoms with van der Waals surface area (Å²) in [4.78, 5) is 11.7. The van der Waals surface area contributed by atoms with Gasteiger partial charge in [-0.15, -0.1) is 0 Å². The summed E-state index contributed by atoms with van der Waals surface area (Å²) in [5.41, 5.74) is 17.1. The molecule has 0 radical (unpaired) electrons. The Balaban J connectivity index is 0.000000160. The van der Waals surface area contributed by atoms with Crippen LogP contribution in [0.15, 0.2) is 91.0 Å². The van der Waals surface area contributed by atoms with Gasteiger partial charge in [-0.3, -0.25) is 4.79 Å². The largest absolute Gasteiger partial charge is 0.378 e.